The second-order valence-corrected chi connectivity index (χ2v) is 3.84. The zero-order valence-electron chi connectivity index (χ0n) is 9.76. The minimum absolute atomic E-state index is 0.127. The Hall–Kier alpha value is -1.71. The molecule has 0 amide bonds. The second kappa shape index (κ2) is 5.57. The van der Waals surface area contributed by atoms with Crippen LogP contribution in [-0.4, -0.2) is 49.4 Å². The summed E-state index contributed by atoms with van der Waals surface area (Å²) in [5, 5.41) is 12.1. The van der Waals surface area contributed by atoms with E-state index in [-0.39, 0.29) is 6.10 Å². The summed E-state index contributed by atoms with van der Waals surface area (Å²) in [6.07, 6.45) is 3.27. The van der Waals surface area contributed by atoms with Crippen LogP contribution < -0.4 is 10.2 Å². The van der Waals surface area contributed by atoms with Crippen LogP contribution in [0, 0.1) is 11.3 Å². The molecule has 0 aromatic carbocycles. The maximum Gasteiger partial charge on any atom is 0.183 e. The number of nitrogens with zero attached hydrogens (tertiary/aromatic N) is 4. The highest BCUT2D eigenvalue weighted by molar-refractivity contribution is 5.49. The van der Waals surface area contributed by atoms with Crippen LogP contribution in [0.4, 0.5) is 5.82 Å². The average molecular weight is 233 g/mol. The quantitative estimate of drug-likeness (QED) is 0.777. The Morgan fingerprint density at radius 2 is 2.41 bits per heavy atom. The van der Waals surface area contributed by atoms with Gasteiger partial charge in [-0.05, 0) is 7.05 Å². The van der Waals surface area contributed by atoms with E-state index < -0.39 is 0 Å². The van der Waals surface area contributed by atoms with Gasteiger partial charge < -0.3 is 15.0 Å². The smallest absolute Gasteiger partial charge is 0.183 e. The minimum atomic E-state index is 0.127. The van der Waals surface area contributed by atoms with Crippen molar-refractivity contribution in [2.45, 2.75) is 6.10 Å². The van der Waals surface area contributed by atoms with Gasteiger partial charge in [0, 0.05) is 32.0 Å². The third kappa shape index (κ3) is 2.70. The van der Waals surface area contributed by atoms with Gasteiger partial charge in [-0.2, -0.15) is 5.26 Å². The van der Waals surface area contributed by atoms with Crippen molar-refractivity contribution in [2.75, 3.05) is 38.2 Å². The molecule has 17 heavy (non-hydrogen) atoms. The lowest BCUT2D eigenvalue weighted by atomic mass is 10.2. The third-order valence-electron chi connectivity index (χ3n) is 2.65. The van der Waals surface area contributed by atoms with E-state index in [2.05, 4.69) is 26.3 Å². The molecular formula is C11H15N5O. The van der Waals surface area contributed by atoms with Crippen molar-refractivity contribution in [3.8, 4) is 6.07 Å². The molecule has 1 aliphatic rings. The molecule has 6 nitrogen and oxygen atoms in total. The Bertz CT molecular complexity index is 415. The van der Waals surface area contributed by atoms with Crippen LogP contribution in [0.2, 0.25) is 0 Å². The Morgan fingerprint density at radius 3 is 3.18 bits per heavy atom. The minimum Gasteiger partial charge on any atom is -0.373 e. The van der Waals surface area contributed by atoms with Crippen molar-refractivity contribution in [3.05, 3.63) is 18.1 Å². The van der Waals surface area contributed by atoms with Gasteiger partial charge in [0.15, 0.2) is 11.5 Å². The fourth-order valence-electron chi connectivity index (χ4n) is 1.90. The summed E-state index contributed by atoms with van der Waals surface area (Å²) in [7, 11) is 1.89. The summed E-state index contributed by atoms with van der Waals surface area (Å²) in [5.41, 5.74) is 0.373. The number of nitriles is 1. The first-order valence-corrected chi connectivity index (χ1v) is 5.57. The molecular weight excluding hydrogens is 218 g/mol. The molecule has 1 saturated heterocycles. The van der Waals surface area contributed by atoms with Gasteiger partial charge >= 0.3 is 0 Å². The largest absolute Gasteiger partial charge is 0.373 e. The van der Waals surface area contributed by atoms with Crippen molar-refractivity contribution in [2.24, 2.45) is 0 Å². The Kier molecular flexibility index (Phi) is 3.85. The molecule has 1 aromatic rings. The number of hydrogen-bond donors (Lipinski definition) is 1. The number of rotatable bonds is 3. The molecule has 1 fully saturated rings. The number of ether oxygens (including phenoxy) is 1. The van der Waals surface area contributed by atoms with Crippen molar-refractivity contribution < 1.29 is 4.74 Å². The number of hydrogen-bond acceptors (Lipinski definition) is 6. The first kappa shape index (κ1) is 11.8. The first-order valence-electron chi connectivity index (χ1n) is 5.57. The van der Waals surface area contributed by atoms with Gasteiger partial charge in [-0.15, -0.1) is 0 Å². The molecule has 0 bridgehead atoms. The lowest BCUT2D eigenvalue weighted by Crippen LogP contribution is -2.46. The van der Waals surface area contributed by atoms with Gasteiger partial charge in [0.2, 0.25) is 0 Å². The highest BCUT2D eigenvalue weighted by atomic mass is 16.5. The van der Waals surface area contributed by atoms with Gasteiger partial charge in [-0.25, -0.2) is 9.97 Å². The molecule has 1 atom stereocenters. The summed E-state index contributed by atoms with van der Waals surface area (Å²) in [6.45, 7) is 2.91. The first-order chi connectivity index (χ1) is 8.35. The van der Waals surface area contributed by atoms with Crippen molar-refractivity contribution in [1.82, 2.24) is 15.3 Å². The van der Waals surface area contributed by atoms with E-state index in [0.717, 1.165) is 19.6 Å². The Labute approximate surface area is 100 Å². The molecule has 0 saturated carbocycles. The number of nitrogens with one attached hydrogen (secondary N) is 1. The van der Waals surface area contributed by atoms with E-state index in [1.807, 2.05) is 7.05 Å². The fraction of sp³-hybridized carbons (Fsp3) is 0.545. The number of likely N-dealkylation sites (N-methyl/N-ethyl adjacent to an activating group) is 1. The molecule has 2 rings (SSSR count). The highest BCUT2D eigenvalue weighted by Crippen LogP contribution is 2.17. The SMILES string of the molecule is CNCC1CN(c2nccnc2C#N)CCO1. The van der Waals surface area contributed by atoms with Crippen LogP contribution in [-0.2, 0) is 4.74 Å². The van der Waals surface area contributed by atoms with E-state index in [1.54, 1.807) is 6.20 Å². The Morgan fingerprint density at radius 1 is 1.59 bits per heavy atom. The average Bonchev–Trinajstić information content (AvgIpc) is 2.39. The predicted molar refractivity (Wildman–Crippen MR) is 62.6 cm³/mol. The van der Waals surface area contributed by atoms with Gasteiger partial charge in [0.05, 0.1) is 12.7 Å². The van der Waals surface area contributed by atoms with Crippen LogP contribution in [0.5, 0.6) is 0 Å². The van der Waals surface area contributed by atoms with Crippen molar-refractivity contribution in [1.29, 1.82) is 5.26 Å². The molecule has 1 aromatic heterocycles. The van der Waals surface area contributed by atoms with Gasteiger partial charge in [-0.1, -0.05) is 0 Å². The maximum atomic E-state index is 9.00. The summed E-state index contributed by atoms with van der Waals surface area (Å²) < 4.78 is 5.61. The van der Waals surface area contributed by atoms with Gasteiger partial charge in [0.25, 0.3) is 0 Å². The monoisotopic (exact) mass is 233 g/mol. The van der Waals surface area contributed by atoms with E-state index in [9.17, 15) is 0 Å². The van der Waals surface area contributed by atoms with E-state index in [1.165, 1.54) is 6.20 Å². The molecule has 1 aliphatic heterocycles. The van der Waals surface area contributed by atoms with E-state index in [0.29, 0.717) is 18.1 Å². The van der Waals surface area contributed by atoms with Crippen LogP contribution in [0.25, 0.3) is 0 Å². The second-order valence-electron chi connectivity index (χ2n) is 3.84. The summed E-state index contributed by atoms with van der Waals surface area (Å²) in [5.74, 6) is 0.652. The van der Waals surface area contributed by atoms with Gasteiger partial charge in [0.1, 0.15) is 6.07 Å². The number of anilines is 1. The molecule has 0 spiro atoms. The highest BCUT2D eigenvalue weighted by Gasteiger charge is 2.23. The molecule has 0 aliphatic carbocycles. The number of aromatic nitrogens is 2. The summed E-state index contributed by atoms with van der Waals surface area (Å²) in [6, 6.07) is 2.07. The number of morpholine rings is 1. The topological polar surface area (TPSA) is 74.1 Å². The van der Waals surface area contributed by atoms with E-state index >= 15 is 0 Å². The molecule has 1 N–H and O–H groups in total. The Balaban J connectivity index is 2.14. The summed E-state index contributed by atoms with van der Waals surface area (Å²) in [4.78, 5) is 10.3. The standard InChI is InChI=1S/C11H15N5O/c1-13-7-9-8-16(4-5-17-9)11-10(6-12)14-2-3-15-11/h2-3,9,13H,4-5,7-8H2,1H3. The lowest BCUT2D eigenvalue weighted by molar-refractivity contribution is 0.0418. The molecule has 1 unspecified atom stereocenters. The zero-order valence-corrected chi connectivity index (χ0v) is 9.76. The van der Waals surface area contributed by atoms with Crippen molar-refractivity contribution >= 4 is 5.82 Å². The van der Waals surface area contributed by atoms with Crippen LogP contribution in [0.15, 0.2) is 12.4 Å². The maximum absolute atomic E-state index is 9.00. The van der Waals surface area contributed by atoms with Crippen LogP contribution >= 0.6 is 0 Å². The fourth-order valence-corrected chi connectivity index (χ4v) is 1.90. The zero-order chi connectivity index (χ0) is 12.1. The van der Waals surface area contributed by atoms with Crippen molar-refractivity contribution in [3.63, 3.8) is 0 Å². The lowest BCUT2D eigenvalue weighted by Gasteiger charge is -2.33. The molecule has 90 valence electrons. The van der Waals surface area contributed by atoms with Crippen LogP contribution in [0.3, 0.4) is 0 Å². The van der Waals surface area contributed by atoms with Crippen LogP contribution in [0.1, 0.15) is 5.69 Å². The molecule has 2 heterocycles. The van der Waals surface area contributed by atoms with Gasteiger partial charge in [-0.3, -0.25) is 0 Å². The predicted octanol–water partition coefficient (Wildman–Crippen LogP) is -0.227. The normalized spacial score (nSPS) is 20.0. The molecule has 0 radical (unpaired) electrons. The summed E-state index contributed by atoms with van der Waals surface area (Å²) >= 11 is 0. The third-order valence-corrected chi connectivity index (χ3v) is 2.65. The van der Waals surface area contributed by atoms with E-state index in [4.69, 9.17) is 10.00 Å². The molecule has 6 heteroatoms.